The summed E-state index contributed by atoms with van der Waals surface area (Å²) in [5.41, 5.74) is 0.489. The monoisotopic (exact) mass is 296 g/mol. The molecule has 1 rings (SSSR count). The summed E-state index contributed by atoms with van der Waals surface area (Å²) in [7, 11) is 3.55. The molecule has 1 aromatic heterocycles. The number of nitrogens with one attached hydrogen (secondary N) is 1. The zero-order valence-corrected chi connectivity index (χ0v) is 11.5. The fourth-order valence-electron chi connectivity index (χ4n) is 1.22. The molecule has 4 nitrogen and oxygen atoms in total. The van der Waals surface area contributed by atoms with Crippen LogP contribution in [0.15, 0.2) is 12.3 Å². The number of hydrogen-bond acceptors (Lipinski definition) is 3. The normalized spacial score (nSPS) is 11.9. The Bertz CT molecular complexity index is 435. The van der Waals surface area contributed by atoms with Gasteiger partial charge in [0.05, 0.1) is 12.2 Å². The number of halogens is 3. The average Bonchev–Trinajstić information content (AvgIpc) is 2.62. The van der Waals surface area contributed by atoms with Crippen molar-refractivity contribution in [2.75, 3.05) is 20.6 Å². The quantitative estimate of drug-likeness (QED) is 0.685. The van der Waals surface area contributed by atoms with Gasteiger partial charge in [0.1, 0.15) is 0 Å². The molecule has 0 aliphatic carbocycles. The summed E-state index contributed by atoms with van der Waals surface area (Å²) in [5.74, 6) is -0.805. The van der Waals surface area contributed by atoms with Crippen LogP contribution in [-0.2, 0) is 0 Å². The van der Waals surface area contributed by atoms with Crippen LogP contribution >= 0.6 is 34.8 Å². The maximum absolute atomic E-state index is 11.7. The van der Waals surface area contributed by atoms with Crippen molar-refractivity contribution in [3.8, 4) is 0 Å². The van der Waals surface area contributed by atoms with Crippen molar-refractivity contribution < 1.29 is 9.59 Å². The fourth-order valence-corrected chi connectivity index (χ4v) is 1.52. The molecule has 0 unspecified atom stereocenters. The number of carbonyl (C=O) groups is 2. The van der Waals surface area contributed by atoms with Gasteiger partial charge in [-0.2, -0.15) is 0 Å². The average molecular weight is 298 g/mol. The van der Waals surface area contributed by atoms with Crippen LogP contribution in [0, 0.1) is 0 Å². The Morgan fingerprint density at radius 3 is 2.41 bits per heavy atom. The lowest BCUT2D eigenvalue weighted by molar-refractivity contribution is 0.0957. The van der Waals surface area contributed by atoms with E-state index in [0.717, 1.165) is 0 Å². The molecule has 0 atom stereocenters. The summed E-state index contributed by atoms with van der Waals surface area (Å²) >= 11 is 16.4. The minimum atomic E-state index is -2.02. The van der Waals surface area contributed by atoms with Crippen molar-refractivity contribution in [2.24, 2.45) is 0 Å². The Labute approximate surface area is 114 Å². The van der Waals surface area contributed by atoms with Crippen molar-refractivity contribution >= 4 is 46.4 Å². The summed E-state index contributed by atoms with van der Waals surface area (Å²) in [6.45, 7) is 0.249. The van der Waals surface area contributed by atoms with E-state index in [-0.39, 0.29) is 18.0 Å². The van der Waals surface area contributed by atoms with E-state index in [9.17, 15) is 9.59 Å². The number of alkyl halides is 3. The minimum Gasteiger partial charge on any atom is -0.358 e. The highest BCUT2D eigenvalue weighted by molar-refractivity contribution is 6.77. The first-order valence-electron chi connectivity index (χ1n) is 4.69. The highest BCUT2D eigenvalue weighted by atomic mass is 35.6. The van der Waals surface area contributed by atoms with Gasteiger partial charge in [-0.1, -0.05) is 34.8 Å². The zero-order chi connectivity index (χ0) is 13.2. The highest BCUT2D eigenvalue weighted by Gasteiger charge is 2.32. The molecule has 17 heavy (non-hydrogen) atoms. The first kappa shape index (κ1) is 14.5. The number of H-pyrrole nitrogens is 1. The van der Waals surface area contributed by atoms with Crippen LogP contribution in [0.25, 0.3) is 0 Å². The van der Waals surface area contributed by atoms with Crippen molar-refractivity contribution in [1.29, 1.82) is 0 Å². The minimum absolute atomic E-state index is 0.104. The predicted molar refractivity (Wildman–Crippen MR) is 68.3 cm³/mol. The van der Waals surface area contributed by atoms with E-state index in [1.165, 1.54) is 12.3 Å². The molecule has 1 heterocycles. The smallest absolute Gasteiger partial charge is 0.254 e. The van der Waals surface area contributed by atoms with Gasteiger partial charge in [-0.25, -0.2) is 0 Å². The van der Waals surface area contributed by atoms with Crippen molar-refractivity contribution in [3.05, 3.63) is 23.5 Å². The summed E-state index contributed by atoms with van der Waals surface area (Å²) in [6, 6.07) is 1.38. The Hall–Kier alpha value is -0.550. The summed E-state index contributed by atoms with van der Waals surface area (Å²) in [5, 5.41) is 0. The SMILES string of the molecule is CN(C)CC(=O)c1c[nH]c(C(=O)C(Cl)(Cl)Cl)c1. The van der Waals surface area contributed by atoms with Crippen LogP contribution in [0.2, 0.25) is 0 Å². The number of ketones is 2. The zero-order valence-electron chi connectivity index (χ0n) is 9.26. The number of aromatic nitrogens is 1. The standard InChI is InChI=1S/C10H11Cl3N2O2/c1-15(2)5-8(16)6-3-7(14-4-6)9(17)10(11,12)13/h3-4,14H,5H2,1-2H3. The van der Waals surface area contributed by atoms with Crippen molar-refractivity contribution in [2.45, 2.75) is 3.79 Å². The third-order valence-electron chi connectivity index (χ3n) is 1.97. The van der Waals surface area contributed by atoms with Gasteiger partial charge in [0.25, 0.3) is 3.79 Å². The number of Topliss-reactive ketones (excluding diaryl/α,β-unsaturated/α-hetero) is 2. The van der Waals surface area contributed by atoms with Gasteiger partial charge in [-0.05, 0) is 20.2 Å². The van der Waals surface area contributed by atoms with Gasteiger partial charge < -0.3 is 9.88 Å². The molecule has 0 saturated carbocycles. The maximum atomic E-state index is 11.7. The molecule has 0 aliphatic rings. The van der Waals surface area contributed by atoms with Crippen molar-refractivity contribution in [1.82, 2.24) is 9.88 Å². The van der Waals surface area contributed by atoms with Crippen LogP contribution in [-0.4, -0.2) is 45.9 Å². The molecule has 1 aromatic rings. The van der Waals surface area contributed by atoms with Gasteiger partial charge >= 0.3 is 0 Å². The third-order valence-corrected chi connectivity index (χ3v) is 2.48. The molecule has 1 N–H and O–H groups in total. The van der Waals surface area contributed by atoms with Crippen LogP contribution in [0.4, 0.5) is 0 Å². The molecule has 0 aromatic carbocycles. The summed E-state index contributed by atoms with van der Waals surface area (Å²) in [6.07, 6.45) is 1.43. The maximum Gasteiger partial charge on any atom is 0.254 e. The number of aromatic amines is 1. The number of likely N-dealkylation sites (N-methyl/N-ethyl adjacent to an activating group) is 1. The van der Waals surface area contributed by atoms with E-state index < -0.39 is 9.58 Å². The van der Waals surface area contributed by atoms with E-state index in [1.54, 1.807) is 19.0 Å². The highest BCUT2D eigenvalue weighted by Crippen LogP contribution is 2.30. The second-order valence-corrected chi connectivity index (χ2v) is 6.07. The van der Waals surface area contributed by atoms with E-state index in [4.69, 9.17) is 34.8 Å². The molecule has 0 aliphatic heterocycles. The van der Waals surface area contributed by atoms with Gasteiger partial charge in [0.15, 0.2) is 5.78 Å². The Morgan fingerprint density at radius 1 is 1.35 bits per heavy atom. The van der Waals surface area contributed by atoms with Crippen LogP contribution in [0.5, 0.6) is 0 Å². The van der Waals surface area contributed by atoms with E-state index >= 15 is 0 Å². The molecule has 0 spiro atoms. The van der Waals surface area contributed by atoms with Crippen LogP contribution in [0.3, 0.4) is 0 Å². The van der Waals surface area contributed by atoms with Gasteiger partial charge in [-0.3, -0.25) is 9.59 Å². The molecular weight excluding hydrogens is 286 g/mol. The second-order valence-electron chi connectivity index (χ2n) is 3.79. The van der Waals surface area contributed by atoms with E-state index in [1.807, 2.05) is 0 Å². The van der Waals surface area contributed by atoms with Gasteiger partial charge in [0.2, 0.25) is 5.78 Å². The molecule has 94 valence electrons. The van der Waals surface area contributed by atoms with E-state index in [0.29, 0.717) is 5.56 Å². The lowest BCUT2D eigenvalue weighted by atomic mass is 10.2. The Morgan fingerprint density at radius 2 is 1.94 bits per heavy atom. The van der Waals surface area contributed by atoms with Gasteiger partial charge in [-0.15, -0.1) is 0 Å². The largest absolute Gasteiger partial charge is 0.358 e. The molecule has 0 radical (unpaired) electrons. The molecule has 0 amide bonds. The summed E-state index contributed by atoms with van der Waals surface area (Å²) in [4.78, 5) is 27.6. The number of carbonyl (C=O) groups excluding carboxylic acids is 2. The van der Waals surface area contributed by atoms with Gasteiger partial charge in [0, 0.05) is 11.8 Å². The molecule has 0 fully saturated rings. The predicted octanol–water partition coefficient (Wildman–Crippen LogP) is 2.31. The van der Waals surface area contributed by atoms with E-state index in [2.05, 4.69) is 4.98 Å². The first-order chi connectivity index (χ1) is 7.71. The molecular formula is C10H11Cl3N2O2. The summed E-state index contributed by atoms with van der Waals surface area (Å²) < 4.78 is -2.02. The Balaban J connectivity index is 2.86. The first-order valence-corrected chi connectivity index (χ1v) is 5.83. The third kappa shape index (κ3) is 4.00. The molecule has 7 heteroatoms. The second kappa shape index (κ2) is 5.40. The topological polar surface area (TPSA) is 53.2 Å². The lowest BCUT2D eigenvalue weighted by Gasteiger charge is -2.07. The Kier molecular flexibility index (Phi) is 4.61. The fraction of sp³-hybridized carbons (Fsp3) is 0.400. The number of hydrogen-bond donors (Lipinski definition) is 1. The van der Waals surface area contributed by atoms with Crippen molar-refractivity contribution in [3.63, 3.8) is 0 Å². The number of rotatable bonds is 4. The van der Waals surface area contributed by atoms with Crippen LogP contribution in [0.1, 0.15) is 20.8 Å². The molecule has 0 bridgehead atoms. The lowest BCUT2D eigenvalue weighted by Crippen LogP contribution is -2.21. The molecule has 0 saturated heterocycles. The number of nitrogens with zero attached hydrogens (tertiary/aromatic N) is 1. The van der Waals surface area contributed by atoms with Crippen LogP contribution < -0.4 is 0 Å².